The summed E-state index contributed by atoms with van der Waals surface area (Å²) in [4.78, 5) is 22.9. The van der Waals surface area contributed by atoms with Crippen molar-refractivity contribution in [2.75, 3.05) is 0 Å². The molecular weight excluding hydrogens is 268 g/mol. The zero-order valence-electron chi connectivity index (χ0n) is 12.1. The van der Waals surface area contributed by atoms with Gasteiger partial charge >= 0.3 is 11.9 Å². The van der Waals surface area contributed by atoms with Crippen molar-refractivity contribution >= 4 is 22.7 Å². The molecule has 0 heterocycles. The second kappa shape index (κ2) is 5.95. The standard InChI is InChI=1S/C17H18O4/c1-3-10-9-11-7-5-6-8-13(11)14(12(10)4-2)15(16(18)19)17(20)21/h5-9,15H,3-4H2,1-2H3,(H,18,19)(H,20,21). The van der Waals surface area contributed by atoms with E-state index in [0.717, 1.165) is 22.9 Å². The smallest absolute Gasteiger partial charge is 0.322 e. The highest BCUT2D eigenvalue weighted by molar-refractivity contribution is 6.04. The normalized spacial score (nSPS) is 11.0. The molecule has 2 aromatic carbocycles. The first-order valence-corrected chi connectivity index (χ1v) is 7.00. The molecule has 4 nitrogen and oxygen atoms in total. The zero-order chi connectivity index (χ0) is 15.6. The fourth-order valence-electron chi connectivity index (χ4n) is 2.89. The molecule has 2 aromatic rings. The van der Waals surface area contributed by atoms with Gasteiger partial charge in [0.2, 0.25) is 0 Å². The summed E-state index contributed by atoms with van der Waals surface area (Å²) in [6.45, 7) is 3.91. The number of rotatable bonds is 5. The average molecular weight is 286 g/mol. The minimum absolute atomic E-state index is 0.424. The zero-order valence-corrected chi connectivity index (χ0v) is 12.1. The van der Waals surface area contributed by atoms with Crippen LogP contribution in [-0.4, -0.2) is 22.2 Å². The number of aryl methyl sites for hydroxylation is 1. The Kier molecular flexibility index (Phi) is 4.26. The number of carboxylic acids is 2. The molecule has 0 bridgehead atoms. The fourth-order valence-corrected chi connectivity index (χ4v) is 2.89. The molecule has 0 aliphatic heterocycles. The molecule has 0 amide bonds. The van der Waals surface area contributed by atoms with Gasteiger partial charge in [0.15, 0.2) is 5.92 Å². The fraction of sp³-hybridized carbons (Fsp3) is 0.294. The summed E-state index contributed by atoms with van der Waals surface area (Å²) < 4.78 is 0. The Hall–Kier alpha value is -2.36. The lowest BCUT2D eigenvalue weighted by molar-refractivity contribution is -0.150. The number of aliphatic carboxylic acids is 2. The number of carboxylic acid groups (broad SMARTS) is 2. The predicted molar refractivity (Wildman–Crippen MR) is 80.7 cm³/mol. The average Bonchev–Trinajstić information content (AvgIpc) is 2.45. The monoisotopic (exact) mass is 286 g/mol. The van der Waals surface area contributed by atoms with E-state index in [2.05, 4.69) is 0 Å². The van der Waals surface area contributed by atoms with Gasteiger partial charge in [-0.2, -0.15) is 0 Å². The van der Waals surface area contributed by atoms with Crippen molar-refractivity contribution in [2.45, 2.75) is 32.6 Å². The van der Waals surface area contributed by atoms with E-state index in [-0.39, 0.29) is 0 Å². The molecule has 4 heteroatoms. The first kappa shape index (κ1) is 15.0. The molecule has 0 saturated carbocycles. The van der Waals surface area contributed by atoms with Gasteiger partial charge in [0.05, 0.1) is 0 Å². The Morgan fingerprint density at radius 1 is 1.05 bits per heavy atom. The number of benzene rings is 2. The molecular formula is C17H18O4. The highest BCUT2D eigenvalue weighted by Crippen LogP contribution is 2.33. The summed E-state index contributed by atoms with van der Waals surface area (Å²) in [6, 6.07) is 9.38. The molecule has 21 heavy (non-hydrogen) atoms. The van der Waals surface area contributed by atoms with E-state index in [0.29, 0.717) is 17.4 Å². The minimum atomic E-state index is -1.53. The van der Waals surface area contributed by atoms with Gasteiger partial charge in [-0.3, -0.25) is 9.59 Å². The lowest BCUT2D eigenvalue weighted by atomic mass is 9.84. The van der Waals surface area contributed by atoms with E-state index in [9.17, 15) is 19.8 Å². The maximum absolute atomic E-state index is 11.5. The second-order valence-electron chi connectivity index (χ2n) is 4.97. The van der Waals surface area contributed by atoms with E-state index in [1.165, 1.54) is 0 Å². The summed E-state index contributed by atoms with van der Waals surface area (Å²) >= 11 is 0. The van der Waals surface area contributed by atoms with Crippen LogP contribution in [0.4, 0.5) is 0 Å². The van der Waals surface area contributed by atoms with Crippen LogP contribution in [-0.2, 0) is 22.4 Å². The third-order valence-corrected chi connectivity index (χ3v) is 3.81. The predicted octanol–water partition coefficient (Wildman–Crippen LogP) is 3.22. The van der Waals surface area contributed by atoms with E-state index in [1.54, 1.807) is 12.1 Å². The first-order valence-electron chi connectivity index (χ1n) is 7.00. The van der Waals surface area contributed by atoms with Gasteiger partial charge in [-0.05, 0) is 40.3 Å². The van der Waals surface area contributed by atoms with E-state index < -0.39 is 17.9 Å². The Morgan fingerprint density at radius 3 is 2.19 bits per heavy atom. The molecule has 110 valence electrons. The van der Waals surface area contributed by atoms with Crippen molar-refractivity contribution in [3.8, 4) is 0 Å². The molecule has 0 aromatic heterocycles. The summed E-state index contributed by atoms with van der Waals surface area (Å²) in [6.07, 6.45) is 1.35. The number of fused-ring (bicyclic) bond motifs is 1. The molecule has 0 radical (unpaired) electrons. The minimum Gasteiger partial charge on any atom is -0.480 e. The van der Waals surface area contributed by atoms with Crippen LogP contribution in [0, 0.1) is 0 Å². The van der Waals surface area contributed by atoms with Crippen molar-refractivity contribution in [1.82, 2.24) is 0 Å². The summed E-state index contributed by atoms with van der Waals surface area (Å²) in [5.74, 6) is -4.18. The van der Waals surface area contributed by atoms with Crippen LogP contribution in [0.2, 0.25) is 0 Å². The molecule has 0 aliphatic rings. The first-order chi connectivity index (χ1) is 10.0. The van der Waals surface area contributed by atoms with Crippen molar-refractivity contribution in [3.05, 3.63) is 47.0 Å². The highest BCUT2D eigenvalue weighted by Gasteiger charge is 2.32. The van der Waals surface area contributed by atoms with Crippen LogP contribution in [0.5, 0.6) is 0 Å². The highest BCUT2D eigenvalue weighted by atomic mass is 16.4. The molecule has 2 N–H and O–H groups in total. The van der Waals surface area contributed by atoms with Crippen LogP contribution in [0.25, 0.3) is 10.8 Å². The molecule has 0 aliphatic carbocycles. The van der Waals surface area contributed by atoms with Gasteiger partial charge in [0.25, 0.3) is 0 Å². The van der Waals surface area contributed by atoms with Crippen LogP contribution in [0.1, 0.15) is 36.5 Å². The van der Waals surface area contributed by atoms with Gasteiger partial charge in [-0.25, -0.2) is 0 Å². The molecule has 0 spiro atoms. The van der Waals surface area contributed by atoms with Gasteiger partial charge in [-0.1, -0.05) is 44.2 Å². The Balaban J connectivity index is 2.91. The molecule has 2 rings (SSSR count). The molecule has 0 fully saturated rings. The summed E-state index contributed by atoms with van der Waals surface area (Å²) in [5.41, 5.74) is 2.28. The largest absolute Gasteiger partial charge is 0.480 e. The molecule has 0 atom stereocenters. The molecule has 0 saturated heterocycles. The third-order valence-electron chi connectivity index (χ3n) is 3.81. The lowest BCUT2D eigenvalue weighted by Gasteiger charge is -2.19. The quantitative estimate of drug-likeness (QED) is 0.828. The topological polar surface area (TPSA) is 74.6 Å². The maximum atomic E-state index is 11.5. The van der Waals surface area contributed by atoms with Crippen molar-refractivity contribution in [3.63, 3.8) is 0 Å². The van der Waals surface area contributed by atoms with E-state index >= 15 is 0 Å². The number of carbonyl (C=O) groups is 2. The third kappa shape index (κ3) is 2.61. The Labute approximate surface area is 123 Å². The van der Waals surface area contributed by atoms with Crippen LogP contribution in [0.3, 0.4) is 0 Å². The van der Waals surface area contributed by atoms with E-state index in [1.807, 2.05) is 32.0 Å². The lowest BCUT2D eigenvalue weighted by Crippen LogP contribution is -2.23. The van der Waals surface area contributed by atoms with Crippen molar-refractivity contribution in [2.24, 2.45) is 0 Å². The second-order valence-corrected chi connectivity index (χ2v) is 4.97. The number of hydrogen-bond donors (Lipinski definition) is 2. The van der Waals surface area contributed by atoms with Gasteiger partial charge in [-0.15, -0.1) is 0 Å². The summed E-state index contributed by atoms with van der Waals surface area (Å²) in [7, 11) is 0. The van der Waals surface area contributed by atoms with Crippen molar-refractivity contribution in [1.29, 1.82) is 0 Å². The summed E-state index contributed by atoms with van der Waals surface area (Å²) in [5, 5.41) is 20.3. The number of hydrogen-bond acceptors (Lipinski definition) is 2. The maximum Gasteiger partial charge on any atom is 0.322 e. The van der Waals surface area contributed by atoms with Crippen LogP contribution < -0.4 is 0 Å². The van der Waals surface area contributed by atoms with Crippen LogP contribution in [0.15, 0.2) is 30.3 Å². The van der Waals surface area contributed by atoms with Gasteiger partial charge < -0.3 is 10.2 Å². The van der Waals surface area contributed by atoms with Crippen LogP contribution >= 0.6 is 0 Å². The Bertz CT molecular complexity index is 689. The van der Waals surface area contributed by atoms with Gasteiger partial charge in [0, 0.05) is 0 Å². The van der Waals surface area contributed by atoms with Gasteiger partial charge in [0.1, 0.15) is 0 Å². The Morgan fingerprint density at radius 2 is 1.67 bits per heavy atom. The molecule has 0 unspecified atom stereocenters. The SMILES string of the molecule is CCc1cc2ccccc2c(C(C(=O)O)C(=O)O)c1CC. The van der Waals surface area contributed by atoms with E-state index in [4.69, 9.17) is 0 Å². The van der Waals surface area contributed by atoms with Crippen molar-refractivity contribution < 1.29 is 19.8 Å².